The van der Waals surface area contributed by atoms with Crippen LogP contribution in [0.25, 0.3) is 0 Å². The van der Waals surface area contributed by atoms with Crippen molar-refractivity contribution in [2.75, 3.05) is 6.54 Å². The Kier molecular flexibility index (Phi) is 3.85. The number of amides is 1. The fourth-order valence-corrected chi connectivity index (χ4v) is 1.44. The molecule has 0 radical (unpaired) electrons. The highest BCUT2D eigenvalue weighted by atomic mass is 16.5. The number of carbonyl (C=O) groups is 1. The summed E-state index contributed by atoms with van der Waals surface area (Å²) in [7, 11) is 0. The first-order valence-corrected chi connectivity index (χ1v) is 5.44. The van der Waals surface area contributed by atoms with Crippen molar-refractivity contribution in [2.24, 2.45) is 0 Å². The highest BCUT2D eigenvalue weighted by molar-refractivity contribution is 5.78. The number of aromatic amines is 1. The second-order valence-electron chi connectivity index (χ2n) is 3.68. The van der Waals surface area contributed by atoms with Crippen LogP contribution in [-0.2, 0) is 17.6 Å². The monoisotopic (exact) mass is 248 g/mol. The summed E-state index contributed by atoms with van der Waals surface area (Å²) >= 11 is 0. The van der Waals surface area contributed by atoms with Crippen LogP contribution in [0.4, 0.5) is 0 Å². The van der Waals surface area contributed by atoms with Crippen LogP contribution in [0.15, 0.2) is 33.8 Å². The van der Waals surface area contributed by atoms with Gasteiger partial charge in [0.25, 0.3) is 0 Å². The van der Waals surface area contributed by atoms with E-state index in [1.165, 1.54) is 0 Å². The molecule has 0 aliphatic rings. The minimum Gasteiger partial charge on any atom is -0.355 e. The first kappa shape index (κ1) is 12.0. The lowest BCUT2D eigenvalue weighted by atomic mass is 10.2. The van der Waals surface area contributed by atoms with Gasteiger partial charge in [0, 0.05) is 25.4 Å². The molecule has 0 fully saturated rings. The minimum absolute atomic E-state index is 0.103. The quantitative estimate of drug-likeness (QED) is 0.753. The standard InChI is InChI=1S/C11H12N4O3/c16-10(6-8-2-1-4-12-7-8)13-5-3-9-14-11(17)18-15-9/h1-2,4,7H,3,5-6H2,(H,13,16)(H,14,15,17). The third-order valence-electron chi connectivity index (χ3n) is 2.26. The van der Waals surface area contributed by atoms with Crippen molar-refractivity contribution >= 4 is 5.91 Å². The van der Waals surface area contributed by atoms with Gasteiger partial charge < -0.3 is 5.32 Å². The van der Waals surface area contributed by atoms with E-state index in [0.29, 0.717) is 18.8 Å². The zero-order valence-electron chi connectivity index (χ0n) is 9.55. The molecule has 0 atom stereocenters. The Morgan fingerprint density at radius 2 is 2.39 bits per heavy atom. The van der Waals surface area contributed by atoms with E-state index in [2.05, 4.69) is 25.0 Å². The number of aromatic nitrogens is 3. The Labute approximate surface area is 102 Å². The molecule has 0 bridgehead atoms. The van der Waals surface area contributed by atoms with Crippen molar-refractivity contribution in [1.29, 1.82) is 0 Å². The largest absolute Gasteiger partial charge is 0.438 e. The lowest BCUT2D eigenvalue weighted by molar-refractivity contribution is -0.120. The van der Waals surface area contributed by atoms with Gasteiger partial charge in [-0.2, -0.15) is 0 Å². The summed E-state index contributed by atoms with van der Waals surface area (Å²) in [5.74, 6) is -0.276. The molecule has 2 N–H and O–H groups in total. The van der Waals surface area contributed by atoms with Crippen LogP contribution in [0, 0.1) is 0 Å². The van der Waals surface area contributed by atoms with Crippen LogP contribution in [0.2, 0.25) is 0 Å². The lowest BCUT2D eigenvalue weighted by Crippen LogP contribution is -2.27. The molecule has 2 heterocycles. The molecule has 0 saturated heterocycles. The Hall–Kier alpha value is -2.44. The van der Waals surface area contributed by atoms with Gasteiger partial charge in [-0.1, -0.05) is 11.2 Å². The number of pyridine rings is 1. The second-order valence-corrected chi connectivity index (χ2v) is 3.68. The van der Waals surface area contributed by atoms with Gasteiger partial charge in [-0.15, -0.1) is 0 Å². The third-order valence-corrected chi connectivity index (χ3v) is 2.26. The Morgan fingerprint density at radius 3 is 3.06 bits per heavy atom. The lowest BCUT2D eigenvalue weighted by Gasteiger charge is -2.03. The highest BCUT2D eigenvalue weighted by Crippen LogP contribution is 1.96. The number of hydrogen-bond donors (Lipinski definition) is 2. The van der Waals surface area contributed by atoms with Gasteiger partial charge in [-0.25, -0.2) is 4.79 Å². The first-order valence-electron chi connectivity index (χ1n) is 5.44. The molecule has 0 saturated carbocycles. The third kappa shape index (κ3) is 3.55. The maximum Gasteiger partial charge on any atom is 0.438 e. The van der Waals surface area contributed by atoms with Gasteiger partial charge in [0.05, 0.1) is 6.42 Å². The van der Waals surface area contributed by atoms with Gasteiger partial charge in [-0.05, 0) is 11.6 Å². The predicted molar refractivity (Wildman–Crippen MR) is 61.8 cm³/mol. The molecular formula is C11H12N4O3. The zero-order chi connectivity index (χ0) is 12.8. The van der Waals surface area contributed by atoms with Gasteiger partial charge in [0.15, 0.2) is 5.82 Å². The van der Waals surface area contributed by atoms with Gasteiger partial charge >= 0.3 is 5.76 Å². The zero-order valence-corrected chi connectivity index (χ0v) is 9.55. The van der Waals surface area contributed by atoms with E-state index >= 15 is 0 Å². The second kappa shape index (κ2) is 5.76. The fraction of sp³-hybridized carbons (Fsp3) is 0.273. The molecule has 2 aromatic heterocycles. The fourth-order valence-electron chi connectivity index (χ4n) is 1.44. The number of nitrogens with zero attached hydrogens (tertiary/aromatic N) is 2. The summed E-state index contributed by atoms with van der Waals surface area (Å²) in [6, 6.07) is 3.62. The average Bonchev–Trinajstić information content (AvgIpc) is 2.76. The number of hydrogen-bond acceptors (Lipinski definition) is 5. The molecule has 0 aliphatic heterocycles. The van der Waals surface area contributed by atoms with E-state index in [0.717, 1.165) is 5.56 Å². The minimum atomic E-state index is -0.591. The number of carbonyl (C=O) groups excluding carboxylic acids is 1. The molecule has 1 amide bonds. The normalized spacial score (nSPS) is 10.2. The van der Waals surface area contributed by atoms with Crippen molar-refractivity contribution < 1.29 is 9.32 Å². The van der Waals surface area contributed by atoms with Crippen LogP contribution in [-0.4, -0.2) is 27.6 Å². The van der Waals surface area contributed by atoms with Gasteiger partial charge in [0.2, 0.25) is 5.91 Å². The maximum absolute atomic E-state index is 11.6. The van der Waals surface area contributed by atoms with Gasteiger partial charge in [0.1, 0.15) is 0 Å². The van der Waals surface area contributed by atoms with Gasteiger partial charge in [-0.3, -0.25) is 19.3 Å². The molecule has 2 aromatic rings. The van der Waals surface area contributed by atoms with E-state index in [-0.39, 0.29) is 12.3 Å². The van der Waals surface area contributed by atoms with E-state index in [4.69, 9.17) is 0 Å². The molecule has 94 valence electrons. The molecule has 0 aromatic carbocycles. The summed E-state index contributed by atoms with van der Waals surface area (Å²) < 4.78 is 4.34. The molecule has 0 aliphatic carbocycles. The van der Waals surface area contributed by atoms with E-state index in [1.807, 2.05) is 6.07 Å². The van der Waals surface area contributed by atoms with Crippen molar-refractivity contribution in [3.63, 3.8) is 0 Å². The number of nitrogens with one attached hydrogen (secondary N) is 2. The van der Waals surface area contributed by atoms with Crippen LogP contribution in [0.3, 0.4) is 0 Å². The van der Waals surface area contributed by atoms with Crippen LogP contribution >= 0.6 is 0 Å². The maximum atomic E-state index is 11.6. The number of rotatable bonds is 5. The molecule has 0 spiro atoms. The smallest absolute Gasteiger partial charge is 0.355 e. The SMILES string of the molecule is O=C(Cc1cccnc1)NCCc1noc(=O)[nH]1. The van der Waals surface area contributed by atoms with Crippen molar-refractivity contribution in [3.8, 4) is 0 Å². The Balaban J connectivity index is 1.74. The van der Waals surface area contributed by atoms with E-state index < -0.39 is 5.76 Å². The Bertz CT molecular complexity index is 561. The number of H-pyrrole nitrogens is 1. The molecule has 0 unspecified atom stereocenters. The molecule has 7 heteroatoms. The molecule has 7 nitrogen and oxygen atoms in total. The molecule has 18 heavy (non-hydrogen) atoms. The molecular weight excluding hydrogens is 236 g/mol. The van der Waals surface area contributed by atoms with Crippen LogP contribution in [0.5, 0.6) is 0 Å². The molecule has 2 rings (SSSR count). The van der Waals surface area contributed by atoms with E-state index in [9.17, 15) is 9.59 Å². The van der Waals surface area contributed by atoms with Crippen molar-refractivity contribution in [2.45, 2.75) is 12.8 Å². The predicted octanol–water partition coefficient (Wildman–Crippen LogP) is -0.341. The Morgan fingerprint density at radius 1 is 1.50 bits per heavy atom. The summed E-state index contributed by atoms with van der Waals surface area (Å²) in [6.45, 7) is 0.390. The highest BCUT2D eigenvalue weighted by Gasteiger charge is 2.04. The van der Waals surface area contributed by atoms with Crippen molar-refractivity contribution in [3.05, 3.63) is 46.5 Å². The summed E-state index contributed by atoms with van der Waals surface area (Å²) in [4.78, 5) is 28.5. The van der Waals surface area contributed by atoms with Crippen LogP contribution in [0.1, 0.15) is 11.4 Å². The first-order chi connectivity index (χ1) is 8.74. The summed E-state index contributed by atoms with van der Waals surface area (Å²) in [5, 5.41) is 6.21. The topological polar surface area (TPSA) is 101 Å². The summed E-state index contributed by atoms with van der Waals surface area (Å²) in [6.07, 6.45) is 4.00. The van der Waals surface area contributed by atoms with E-state index in [1.54, 1.807) is 18.5 Å². The summed E-state index contributed by atoms with van der Waals surface area (Å²) in [5.41, 5.74) is 0.852. The van der Waals surface area contributed by atoms with Crippen LogP contribution < -0.4 is 11.1 Å². The average molecular weight is 248 g/mol. The van der Waals surface area contributed by atoms with Crippen molar-refractivity contribution in [1.82, 2.24) is 20.4 Å².